The van der Waals surface area contributed by atoms with Gasteiger partial charge in [0.25, 0.3) is 0 Å². The minimum atomic E-state index is -1.42. The van der Waals surface area contributed by atoms with Gasteiger partial charge in [0.1, 0.15) is 11.6 Å². The van der Waals surface area contributed by atoms with Crippen LogP contribution in [-0.4, -0.2) is 18.8 Å². The highest BCUT2D eigenvalue weighted by Crippen LogP contribution is 2.49. The first-order chi connectivity index (χ1) is 12.5. The molecule has 3 rings (SSSR count). The quantitative estimate of drug-likeness (QED) is 0.809. The van der Waals surface area contributed by atoms with Crippen molar-refractivity contribution in [2.45, 2.75) is 12.3 Å². The maximum absolute atomic E-state index is 13.8. The Kier molecular flexibility index (Phi) is 4.99. The van der Waals surface area contributed by atoms with Crippen LogP contribution in [0.4, 0.5) is 10.1 Å². The lowest BCUT2D eigenvalue weighted by Gasteiger charge is -2.10. The van der Waals surface area contributed by atoms with E-state index in [1.54, 1.807) is 48.5 Å². The lowest BCUT2D eigenvalue weighted by atomic mass is 9.98. The van der Waals surface area contributed by atoms with E-state index < -0.39 is 23.5 Å². The number of Topliss-reactive ketones (excluding diaryl/α,β-unsaturated/α-hetero) is 1. The molecule has 132 valence electrons. The van der Waals surface area contributed by atoms with Crippen LogP contribution in [0.3, 0.4) is 0 Å². The molecule has 2 aromatic rings. The topological polar surface area (TPSA) is 79.2 Å². The lowest BCUT2D eigenvalue weighted by Crippen LogP contribution is -2.30. The van der Waals surface area contributed by atoms with Crippen molar-refractivity contribution in [3.63, 3.8) is 0 Å². The predicted molar refractivity (Wildman–Crippen MR) is 93.0 cm³/mol. The molecule has 0 saturated heterocycles. The molecule has 2 aromatic carbocycles. The number of benzene rings is 2. The summed E-state index contributed by atoms with van der Waals surface area (Å²) in [5, 5.41) is 11.9. The van der Waals surface area contributed by atoms with Gasteiger partial charge in [-0.05, 0) is 48.2 Å². The largest absolute Gasteiger partial charge is 0.497 e. The van der Waals surface area contributed by atoms with Gasteiger partial charge in [0.15, 0.2) is 11.7 Å². The summed E-state index contributed by atoms with van der Waals surface area (Å²) in [6.45, 7) is 0. The van der Waals surface area contributed by atoms with E-state index >= 15 is 0 Å². The van der Waals surface area contributed by atoms with Gasteiger partial charge in [-0.2, -0.15) is 5.26 Å². The molecule has 1 amide bonds. The zero-order valence-electron chi connectivity index (χ0n) is 14.1. The number of methoxy groups -OCH3 is 1. The molecule has 0 aliphatic heterocycles. The molecule has 0 spiro atoms. The number of halogens is 1. The molecular formula is C20H17FN2O3. The third-order valence-corrected chi connectivity index (χ3v) is 4.49. The number of ketones is 1. The number of hydrogen-bond donors (Lipinski definition) is 1. The molecule has 1 saturated carbocycles. The molecule has 3 atom stereocenters. The summed E-state index contributed by atoms with van der Waals surface area (Å²) in [6.07, 6.45) is 0.452. The fourth-order valence-corrected chi connectivity index (χ4v) is 2.98. The van der Waals surface area contributed by atoms with Crippen LogP contribution < -0.4 is 10.1 Å². The monoisotopic (exact) mass is 352 g/mol. The molecule has 5 nitrogen and oxygen atoms in total. The number of nitriles is 1. The number of ether oxygens (including phenoxy) is 1. The molecule has 26 heavy (non-hydrogen) atoms. The normalized spacial score (nSPS) is 19.1. The molecule has 0 bridgehead atoms. The van der Waals surface area contributed by atoms with E-state index in [1.165, 1.54) is 13.2 Å². The molecule has 3 unspecified atom stereocenters. The maximum atomic E-state index is 13.8. The number of amides is 1. The van der Waals surface area contributed by atoms with Gasteiger partial charge in [0.2, 0.25) is 5.91 Å². The molecule has 1 N–H and O–H groups in total. The van der Waals surface area contributed by atoms with Gasteiger partial charge in [-0.1, -0.05) is 18.2 Å². The molecule has 6 heteroatoms. The lowest BCUT2D eigenvalue weighted by molar-refractivity contribution is -0.129. The van der Waals surface area contributed by atoms with Crippen LogP contribution in [0.25, 0.3) is 0 Å². The van der Waals surface area contributed by atoms with Gasteiger partial charge in [-0.3, -0.25) is 9.59 Å². The summed E-state index contributed by atoms with van der Waals surface area (Å²) in [5.41, 5.74) is 0.920. The fraction of sp³-hybridized carbons (Fsp3) is 0.250. The van der Waals surface area contributed by atoms with Crippen LogP contribution in [0, 0.1) is 29.0 Å². The van der Waals surface area contributed by atoms with Gasteiger partial charge in [-0.25, -0.2) is 4.39 Å². The highest BCUT2D eigenvalue weighted by molar-refractivity contribution is 6.11. The Bertz CT molecular complexity index is 873. The summed E-state index contributed by atoms with van der Waals surface area (Å²) in [7, 11) is 1.53. The van der Waals surface area contributed by atoms with Gasteiger partial charge in [0.05, 0.1) is 13.2 Å². The second kappa shape index (κ2) is 7.36. The Hall–Kier alpha value is -3.20. The number of nitrogens with zero attached hydrogens (tertiary/aromatic N) is 1. The van der Waals surface area contributed by atoms with Gasteiger partial charge in [0, 0.05) is 11.6 Å². The van der Waals surface area contributed by atoms with Crippen molar-refractivity contribution in [2.24, 2.45) is 11.8 Å². The fourth-order valence-electron chi connectivity index (χ4n) is 2.98. The van der Waals surface area contributed by atoms with Crippen LogP contribution >= 0.6 is 0 Å². The average Bonchev–Trinajstić information content (AvgIpc) is 3.44. The highest BCUT2D eigenvalue weighted by atomic mass is 19.1. The Balaban J connectivity index is 1.67. The van der Waals surface area contributed by atoms with E-state index in [2.05, 4.69) is 5.32 Å². The number of anilines is 1. The standard InChI is InChI=1S/C20H17FN2O3/c1-26-13-8-6-12(7-9-13)23-20(25)17(11-22)19(24)16-10-15(16)14-4-2-3-5-18(14)21/h2-9,15-17H,10H2,1H3,(H,23,25). The highest BCUT2D eigenvalue weighted by Gasteiger charge is 2.48. The second-order valence-corrected chi connectivity index (χ2v) is 6.15. The second-order valence-electron chi connectivity index (χ2n) is 6.15. The summed E-state index contributed by atoms with van der Waals surface area (Å²) >= 11 is 0. The Labute approximate surface area is 150 Å². The number of nitrogens with one attached hydrogen (secondary N) is 1. The zero-order valence-corrected chi connectivity index (χ0v) is 14.1. The number of rotatable bonds is 6. The third kappa shape index (κ3) is 3.57. The smallest absolute Gasteiger partial charge is 0.249 e. The molecule has 1 aliphatic rings. The van der Waals surface area contributed by atoms with E-state index in [1.807, 2.05) is 0 Å². The van der Waals surface area contributed by atoms with Crippen LogP contribution in [-0.2, 0) is 9.59 Å². The van der Waals surface area contributed by atoms with Gasteiger partial charge < -0.3 is 10.1 Å². The SMILES string of the molecule is COc1ccc(NC(=O)C(C#N)C(=O)C2CC2c2ccccc2F)cc1. The maximum Gasteiger partial charge on any atom is 0.249 e. The van der Waals surface area contributed by atoms with E-state index in [9.17, 15) is 19.2 Å². The van der Waals surface area contributed by atoms with Crippen molar-refractivity contribution in [3.05, 3.63) is 59.9 Å². The third-order valence-electron chi connectivity index (χ3n) is 4.49. The molecule has 1 fully saturated rings. The van der Waals surface area contributed by atoms with Crippen LogP contribution in [0.2, 0.25) is 0 Å². The summed E-state index contributed by atoms with van der Waals surface area (Å²) in [5.74, 6) is -3.08. The van der Waals surface area contributed by atoms with Crippen molar-refractivity contribution >= 4 is 17.4 Å². The molecule has 0 aromatic heterocycles. The Morgan fingerprint density at radius 1 is 1.23 bits per heavy atom. The average molecular weight is 352 g/mol. The van der Waals surface area contributed by atoms with Crippen molar-refractivity contribution in [3.8, 4) is 11.8 Å². The van der Waals surface area contributed by atoms with E-state index in [4.69, 9.17) is 4.74 Å². The first-order valence-corrected chi connectivity index (χ1v) is 8.18. The van der Waals surface area contributed by atoms with Gasteiger partial charge >= 0.3 is 0 Å². The minimum absolute atomic E-state index is 0.270. The molecule has 0 radical (unpaired) electrons. The van der Waals surface area contributed by atoms with E-state index in [0.717, 1.165) is 0 Å². The zero-order chi connectivity index (χ0) is 18.7. The predicted octanol–water partition coefficient (Wildman–Crippen LogP) is 3.29. The summed E-state index contributed by atoms with van der Waals surface area (Å²) in [6, 6.07) is 14.6. The number of carbonyl (C=O) groups excluding carboxylic acids is 2. The molecule has 0 heterocycles. The van der Waals surface area contributed by atoms with E-state index in [-0.39, 0.29) is 11.7 Å². The van der Waals surface area contributed by atoms with Crippen LogP contribution in [0.5, 0.6) is 5.75 Å². The first kappa shape index (κ1) is 17.6. The summed E-state index contributed by atoms with van der Waals surface area (Å²) < 4.78 is 18.9. The van der Waals surface area contributed by atoms with E-state index in [0.29, 0.717) is 23.4 Å². The Morgan fingerprint density at radius 3 is 2.54 bits per heavy atom. The van der Waals surface area contributed by atoms with Crippen molar-refractivity contribution in [2.75, 3.05) is 12.4 Å². The van der Waals surface area contributed by atoms with Crippen LogP contribution in [0.15, 0.2) is 48.5 Å². The summed E-state index contributed by atoms with van der Waals surface area (Å²) in [4.78, 5) is 24.9. The number of carbonyl (C=O) groups is 2. The minimum Gasteiger partial charge on any atom is -0.497 e. The van der Waals surface area contributed by atoms with Crippen molar-refractivity contribution < 1.29 is 18.7 Å². The Morgan fingerprint density at radius 2 is 1.92 bits per heavy atom. The van der Waals surface area contributed by atoms with Gasteiger partial charge in [-0.15, -0.1) is 0 Å². The molecular weight excluding hydrogens is 335 g/mol. The number of hydrogen-bond acceptors (Lipinski definition) is 4. The van der Waals surface area contributed by atoms with Crippen LogP contribution in [0.1, 0.15) is 17.9 Å². The first-order valence-electron chi connectivity index (χ1n) is 8.18. The van der Waals surface area contributed by atoms with Crippen molar-refractivity contribution in [1.29, 1.82) is 5.26 Å². The molecule has 1 aliphatic carbocycles. The van der Waals surface area contributed by atoms with Crippen molar-refractivity contribution in [1.82, 2.24) is 0 Å².